The molecule has 1 unspecified atom stereocenters. The Bertz CT molecular complexity index is 524. The van der Waals surface area contributed by atoms with Crippen LogP contribution in [-0.2, 0) is 26.0 Å². The fourth-order valence-corrected chi connectivity index (χ4v) is 2.57. The molecule has 8 heteroatoms. The van der Waals surface area contributed by atoms with Gasteiger partial charge in [0, 0.05) is 12.2 Å². The molecule has 0 spiro atoms. The lowest BCUT2D eigenvalue weighted by Crippen LogP contribution is -2.38. The third-order valence-corrected chi connectivity index (χ3v) is 4.59. The summed E-state index contributed by atoms with van der Waals surface area (Å²) in [6, 6.07) is 0. The van der Waals surface area contributed by atoms with Gasteiger partial charge in [0.15, 0.2) is 5.25 Å². The van der Waals surface area contributed by atoms with Gasteiger partial charge in [-0.1, -0.05) is 0 Å². The van der Waals surface area contributed by atoms with Crippen LogP contribution in [0.4, 0.5) is 0 Å². The third kappa shape index (κ3) is 4.32. The number of aryl methyl sites for hydroxylation is 2. The van der Waals surface area contributed by atoms with Gasteiger partial charge in [-0.05, 0) is 32.3 Å². The zero-order valence-corrected chi connectivity index (χ0v) is 12.1. The average molecular weight is 289 g/mol. The van der Waals surface area contributed by atoms with Gasteiger partial charge in [0.25, 0.3) is 0 Å². The van der Waals surface area contributed by atoms with Crippen LogP contribution in [0.1, 0.15) is 24.6 Å². The number of aromatic amines is 1. The molecule has 1 rings (SSSR count). The highest BCUT2D eigenvalue weighted by Crippen LogP contribution is 2.06. The topological polar surface area (TPSA) is 101 Å². The Labute approximate surface area is 112 Å². The molecule has 0 amide bonds. The van der Waals surface area contributed by atoms with E-state index < -0.39 is 21.2 Å². The van der Waals surface area contributed by atoms with E-state index in [1.807, 2.05) is 6.92 Å². The monoisotopic (exact) mass is 289 g/mol. The van der Waals surface area contributed by atoms with Crippen molar-refractivity contribution in [2.24, 2.45) is 0 Å². The van der Waals surface area contributed by atoms with Crippen molar-refractivity contribution in [3.05, 3.63) is 17.5 Å². The Balaban J connectivity index is 2.40. The van der Waals surface area contributed by atoms with Crippen LogP contribution in [0, 0.1) is 6.92 Å². The molecule has 0 aliphatic rings. The average Bonchev–Trinajstić information content (AvgIpc) is 2.78. The summed E-state index contributed by atoms with van der Waals surface area (Å²) in [4.78, 5) is 11.2. The van der Waals surface area contributed by atoms with Crippen molar-refractivity contribution in [1.29, 1.82) is 0 Å². The highest BCUT2D eigenvalue weighted by atomic mass is 32.2. The van der Waals surface area contributed by atoms with E-state index >= 15 is 0 Å². The Morgan fingerprint density at radius 1 is 1.58 bits per heavy atom. The second-order valence-electron chi connectivity index (χ2n) is 4.23. The lowest BCUT2D eigenvalue weighted by Gasteiger charge is -2.11. The minimum absolute atomic E-state index is 0.272. The maximum atomic E-state index is 11.7. The van der Waals surface area contributed by atoms with E-state index in [0.717, 1.165) is 24.8 Å². The molecule has 7 nitrogen and oxygen atoms in total. The largest absolute Gasteiger partial charge is 0.468 e. The van der Waals surface area contributed by atoms with Crippen molar-refractivity contribution in [2.45, 2.75) is 31.9 Å². The van der Waals surface area contributed by atoms with Crippen LogP contribution in [0.2, 0.25) is 0 Å². The number of methoxy groups -OCH3 is 1. The molecule has 0 radical (unpaired) electrons. The SMILES string of the molecule is COC(=O)C(C)S(=O)(=O)NCCCc1cn[nH]c1C. The van der Waals surface area contributed by atoms with Crippen LogP contribution in [0.5, 0.6) is 0 Å². The number of nitrogens with zero attached hydrogens (tertiary/aromatic N) is 1. The Kier molecular flexibility index (Phi) is 5.49. The quantitative estimate of drug-likeness (QED) is 0.549. The minimum Gasteiger partial charge on any atom is -0.468 e. The summed E-state index contributed by atoms with van der Waals surface area (Å²) >= 11 is 0. The summed E-state index contributed by atoms with van der Waals surface area (Å²) in [5, 5.41) is 5.50. The number of carbonyl (C=O) groups is 1. The highest BCUT2D eigenvalue weighted by Gasteiger charge is 2.28. The molecule has 19 heavy (non-hydrogen) atoms. The number of rotatable bonds is 7. The molecule has 1 atom stereocenters. The number of sulfonamides is 1. The van der Waals surface area contributed by atoms with Gasteiger partial charge in [-0.2, -0.15) is 5.10 Å². The summed E-state index contributed by atoms with van der Waals surface area (Å²) in [5.41, 5.74) is 2.03. The number of hydrogen-bond donors (Lipinski definition) is 2. The van der Waals surface area contributed by atoms with Gasteiger partial charge in [0.1, 0.15) is 0 Å². The van der Waals surface area contributed by atoms with Gasteiger partial charge in [0.05, 0.1) is 13.3 Å². The maximum absolute atomic E-state index is 11.7. The number of nitrogens with one attached hydrogen (secondary N) is 2. The molecule has 2 N–H and O–H groups in total. The second-order valence-corrected chi connectivity index (χ2v) is 6.31. The number of H-pyrrole nitrogens is 1. The van der Waals surface area contributed by atoms with Crippen molar-refractivity contribution >= 4 is 16.0 Å². The van der Waals surface area contributed by atoms with Gasteiger partial charge < -0.3 is 4.74 Å². The number of hydrogen-bond acceptors (Lipinski definition) is 5. The first-order valence-corrected chi connectivity index (χ1v) is 7.48. The molecule has 1 heterocycles. The number of aromatic nitrogens is 2. The minimum atomic E-state index is -3.67. The normalized spacial score (nSPS) is 13.2. The molecule has 0 aliphatic heterocycles. The molecule has 0 aromatic carbocycles. The summed E-state index contributed by atoms with van der Waals surface area (Å²) < 4.78 is 30.3. The van der Waals surface area contributed by atoms with Crippen molar-refractivity contribution in [1.82, 2.24) is 14.9 Å². The number of carbonyl (C=O) groups excluding carboxylic acids is 1. The van der Waals surface area contributed by atoms with Gasteiger partial charge in [0.2, 0.25) is 10.0 Å². The lowest BCUT2D eigenvalue weighted by molar-refractivity contribution is -0.139. The summed E-state index contributed by atoms with van der Waals surface area (Å²) in [6.07, 6.45) is 3.08. The van der Waals surface area contributed by atoms with Crippen molar-refractivity contribution in [3.63, 3.8) is 0 Å². The molecule has 0 bridgehead atoms. The maximum Gasteiger partial charge on any atom is 0.325 e. The van der Waals surface area contributed by atoms with E-state index in [-0.39, 0.29) is 6.54 Å². The van der Waals surface area contributed by atoms with Gasteiger partial charge in [-0.15, -0.1) is 0 Å². The second kappa shape index (κ2) is 6.67. The molecule has 108 valence electrons. The van der Waals surface area contributed by atoms with Crippen LogP contribution in [-0.4, -0.2) is 43.5 Å². The zero-order chi connectivity index (χ0) is 14.5. The molecule has 1 aromatic heterocycles. The van der Waals surface area contributed by atoms with Gasteiger partial charge in [-0.25, -0.2) is 13.1 Å². The van der Waals surface area contributed by atoms with E-state index in [9.17, 15) is 13.2 Å². The number of esters is 1. The number of ether oxygens (including phenoxy) is 1. The summed E-state index contributed by atoms with van der Waals surface area (Å²) in [6.45, 7) is 3.48. The molecule has 0 saturated carbocycles. The van der Waals surface area contributed by atoms with E-state index in [4.69, 9.17) is 0 Å². The molecule has 1 aromatic rings. The predicted molar refractivity (Wildman–Crippen MR) is 70.0 cm³/mol. The fraction of sp³-hybridized carbons (Fsp3) is 0.636. The zero-order valence-electron chi connectivity index (χ0n) is 11.3. The van der Waals surface area contributed by atoms with Gasteiger partial charge >= 0.3 is 5.97 Å². The Hall–Kier alpha value is -1.41. The van der Waals surface area contributed by atoms with E-state index in [1.165, 1.54) is 6.92 Å². The van der Waals surface area contributed by atoms with Crippen molar-refractivity contribution in [2.75, 3.05) is 13.7 Å². The molecule has 0 aliphatic carbocycles. The van der Waals surface area contributed by atoms with Crippen LogP contribution in [0.3, 0.4) is 0 Å². The summed E-state index contributed by atoms with van der Waals surface area (Å²) in [5.74, 6) is -0.766. The standard InChI is InChI=1S/C11H19N3O4S/c1-8-10(7-12-14-8)5-4-6-13-19(16,17)9(2)11(15)18-3/h7,9,13H,4-6H2,1-3H3,(H,12,14). The van der Waals surface area contributed by atoms with Crippen molar-refractivity contribution < 1.29 is 17.9 Å². The van der Waals surface area contributed by atoms with Crippen molar-refractivity contribution in [3.8, 4) is 0 Å². The van der Waals surface area contributed by atoms with Crippen LogP contribution in [0.25, 0.3) is 0 Å². The van der Waals surface area contributed by atoms with E-state index in [1.54, 1.807) is 6.20 Å². The molecule has 0 saturated heterocycles. The van der Waals surface area contributed by atoms with Gasteiger partial charge in [-0.3, -0.25) is 9.89 Å². The molecular formula is C11H19N3O4S. The highest BCUT2D eigenvalue weighted by molar-refractivity contribution is 7.90. The fourth-order valence-electron chi connectivity index (χ4n) is 1.54. The Morgan fingerprint density at radius 2 is 2.26 bits per heavy atom. The smallest absolute Gasteiger partial charge is 0.325 e. The summed E-state index contributed by atoms with van der Waals surface area (Å²) in [7, 11) is -2.51. The first-order valence-electron chi connectivity index (χ1n) is 5.93. The molecular weight excluding hydrogens is 270 g/mol. The third-order valence-electron chi connectivity index (χ3n) is 2.86. The lowest BCUT2D eigenvalue weighted by atomic mass is 10.1. The molecule has 0 fully saturated rings. The van der Waals surface area contributed by atoms with E-state index in [0.29, 0.717) is 6.42 Å². The van der Waals surface area contributed by atoms with Crippen LogP contribution >= 0.6 is 0 Å². The Morgan fingerprint density at radius 3 is 2.79 bits per heavy atom. The van der Waals surface area contributed by atoms with E-state index in [2.05, 4.69) is 19.7 Å². The predicted octanol–water partition coefficient (Wildman–Crippen LogP) is 0.132. The first kappa shape index (κ1) is 15.6. The first-order chi connectivity index (χ1) is 8.88. The van der Waals surface area contributed by atoms with Crippen LogP contribution < -0.4 is 4.72 Å². The van der Waals surface area contributed by atoms with Crippen LogP contribution in [0.15, 0.2) is 6.20 Å².